The van der Waals surface area contributed by atoms with Crippen LogP contribution in [0.3, 0.4) is 0 Å². The molecule has 0 aliphatic heterocycles. The summed E-state index contributed by atoms with van der Waals surface area (Å²) in [5.41, 5.74) is 3.82. The zero-order chi connectivity index (χ0) is 25.6. The smallest absolute Gasteiger partial charge is 0.305 e. The van der Waals surface area contributed by atoms with E-state index in [4.69, 9.17) is 4.98 Å². The zero-order valence-electron chi connectivity index (χ0n) is 20.6. The Balaban J connectivity index is 1.43. The number of benzene rings is 1. The Hall–Kier alpha value is -4.20. The fourth-order valence-electron chi connectivity index (χ4n) is 5.15. The number of carboxylic acids is 1. The fourth-order valence-corrected chi connectivity index (χ4v) is 5.15. The van der Waals surface area contributed by atoms with Crippen molar-refractivity contribution in [3.8, 4) is 11.3 Å². The van der Waals surface area contributed by atoms with E-state index in [-0.39, 0.29) is 24.3 Å². The first kappa shape index (κ1) is 24.5. The number of carboxylic acid groups (broad SMARTS) is 1. The summed E-state index contributed by atoms with van der Waals surface area (Å²) in [5.74, 6) is -0.168. The maximum Gasteiger partial charge on any atom is 0.305 e. The second-order valence-electron chi connectivity index (χ2n) is 9.61. The van der Waals surface area contributed by atoms with Gasteiger partial charge < -0.3 is 15.7 Å². The first-order chi connectivity index (χ1) is 18.1. The number of aromatic nitrogens is 3. The molecular weight excluding hydrogens is 466 g/mol. The number of amides is 1. The van der Waals surface area contributed by atoms with Gasteiger partial charge in [0.1, 0.15) is 17.2 Å². The standard InChI is InChI=1S/C29H31N5O3/c35-26(36)17-24(21-10-5-2-6-11-21)32-29(37)22-13-15-34-25(16-22)33-27(23-12-7-14-30-19-23)28(34)31-18-20-8-3-1-4-9-20/h1,3-4,7-9,12-16,19,21,24,31H,2,5-6,10-11,17-18H2,(H,32,37)(H,35,36). The molecule has 3 N–H and O–H groups in total. The molecule has 37 heavy (non-hydrogen) atoms. The molecule has 3 aromatic heterocycles. The topological polar surface area (TPSA) is 109 Å². The van der Waals surface area contributed by atoms with Crippen molar-refractivity contribution in [3.63, 3.8) is 0 Å². The lowest BCUT2D eigenvalue weighted by Gasteiger charge is -2.30. The third kappa shape index (κ3) is 5.80. The van der Waals surface area contributed by atoms with Crippen molar-refractivity contribution in [2.45, 2.75) is 51.1 Å². The summed E-state index contributed by atoms with van der Waals surface area (Å²) in [4.78, 5) is 33.8. The van der Waals surface area contributed by atoms with E-state index < -0.39 is 5.97 Å². The predicted molar refractivity (Wildman–Crippen MR) is 142 cm³/mol. The molecule has 5 rings (SSSR count). The molecule has 0 bridgehead atoms. The highest BCUT2D eigenvalue weighted by atomic mass is 16.4. The van der Waals surface area contributed by atoms with Crippen LogP contribution in [-0.2, 0) is 11.3 Å². The lowest BCUT2D eigenvalue weighted by Crippen LogP contribution is -2.42. The molecule has 3 heterocycles. The minimum Gasteiger partial charge on any atom is -0.481 e. The van der Waals surface area contributed by atoms with E-state index in [9.17, 15) is 14.7 Å². The van der Waals surface area contributed by atoms with Gasteiger partial charge in [0.25, 0.3) is 5.91 Å². The molecule has 4 aromatic rings. The number of aliphatic carboxylic acids is 1. The second kappa shape index (κ2) is 11.2. The van der Waals surface area contributed by atoms with Gasteiger partial charge in [0, 0.05) is 42.3 Å². The molecule has 1 atom stereocenters. The summed E-state index contributed by atoms with van der Waals surface area (Å²) < 4.78 is 1.93. The van der Waals surface area contributed by atoms with Gasteiger partial charge in [-0.3, -0.25) is 19.0 Å². The van der Waals surface area contributed by atoms with Gasteiger partial charge >= 0.3 is 5.97 Å². The summed E-state index contributed by atoms with van der Waals surface area (Å²) >= 11 is 0. The second-order valence-corrected chi connectivity index (χ2v) is 9.61. The van der Waals surface area contributed by atoms with Crippen LogP contribution in [0.2, 0.25) is 0 Å². The number of carbonyl (C=O) groups excluding carboxylic acids is 1. The molecule has 1 aromatic carbocycles. The van der Waals surface area contributed by atoms with Crippen molar-refractivity contribution >= 4 is 23.3 Å². The van der Waals surface area contributed by atoms with E-state index in [0.29, 0.717) is 17.8 Å². The molecule has 1 saturated carbocycles. The normalized spacial score (nSPS) is 14.8. The van der Waals surface area contributed by atoms with Crippen molar-refractivity contribution in [1.82, 2.24) is 19.7 Å². The van der Waals surface area contributed by atoms with Crippen molar-refractivity contribution in [2.24, 2.45) is 5.92 Å². The molecular formula is C29H31N5O3. The van der Waals surface area contributed by atoms with E-state index in [0.717, 1.165) is 48.3 Å². The van der Waals surface area contributed by atoms with Crippen LogP contribution in [0.25, 0.3) is 16.9 Å². The highest BCUT2D eigenvalue weighted by Crippen LogP contribution is 2.30. The van der Waals surface area contributed by atoms with Gasteiger partial charge in [0.15, 0.2) is 0 Å². The number of nitrogens with zero attached hydrogens (tertiary/aromatic N) is 3. The van der Waals surface area contributed by atoms with E-state index in [2.05, 4.69) is 27.8 Å². The Morgan fingerprint density at radius 1 is 1.05 bits per heavy atom. The molecule has 1 fully saturated rings. The largest absolute Gasteiger partial charge is 0.481 e. The minimum atomic E-state index is -0.894. The highest BCUT2D eigenvalue weighted by Gasteiger charge is 2.27. The van der Waals surface area contributed by atoms with Crippen LogP contribution < -0.4 is 10.6 Å². The molecule has 1 aliphatic rings. The lowest BCUT2D eigenvalue weighted by molar-refractivity contribution is -0.137. The SMILES string of the molecule is O=C(O)CC(NC(=O)c1ccn2c(NCc3ccccc3)c(-c3cccnc3)nc2c1)C1CCCCC1. The van der Waals surface area contributed by atoms with E-state index >= 15 is 0 Å². The van der Waals surface area contributed by atoms with E-state index in [1.807, 2.05) is 40.9 Å². The molecule has 0 spiro atoms. The van der Waals surface area contributed by atoms with Crippen molar-refractivity contribution in [3.05, 3.63) is 84.3 Å². The van der Waals surface area contributed by atoms with Gasteiger partial charge in [-0.2, -0.15) is 0 Å². The fraction of sp³-hybridized carbons (Fsp3) is 0.310. The van der Waals surface area contributed by atoms with Crippen LogP contribution in [0, 0.1) is 5.92 Å². The van der Waals surface area contributed by atoms with Crippen molar-refractivity contribution in [2.75, 3.05) is 5.32 Å². The Bertz CT molecular complexity index is 1360. The van der Waals surface area contributed by atoms with E-state index in [1.54, 1.807) is 24.5 Å². The number of hydrogen-bond acceptors (Lipinski definition) is 5. The molecule has 1 aliphatic carbocycles. The molecule has 190 valence electrons. The third-order valence-corrected chi connectivity index (χ3v) is 7.06. The van der Waals surface area contributed by atoms with Gasteiger partial charge in [0.05, 0.1) is 6.42 Å². The predicted octanol–water partition coefficient (Wildman–Crippen LogP) is 5.16. The van der Waals surface area contributed by atoms with Crippen LogP contribution in [0.5, 0.6) is 0 Å². The molecule has 1 unspecified atom stereocenters. The average Bonchev–Trinajstić information content (AvgIpc) is 3.30. The quantitative estimate of drug-likeness (QED) is 0.295. The Labute approximate surface area is 215 Å². The van der Waals surface area contributed by atoms with E-state index in [1.165, 1.54) is 6.42 Å². The first-order valence-corrected chi connectivity index (χ1v) is 12.8. The Morgan fingerprint density at radius 2 is 1.86 bits per heavy atom. The molecule has 8 heteroatoms. The number of carbonyl (C=O) groups is 2. The monoisotopic (exact) mass is 497 g/mol. The van der Waals surface area contributed by atoms with Crippen LogP contribution >= 0.6 is 0 Å². The first-order valence-electron chi connectivity index (χ1n) is 12.8. The van der Waals surface area contributed by atoms with Crippen molar-refractivity contribution in [1.29, 1.82) is 0 Å². The van der Waals surface area contributed by atoms with Crippen LogP contribution in [-0.4, -0.2) is 37.4 Å². The Morgan fingerprint density at radius 3 is 2.59 bits per heavy atom. The number of nitrogens with one attached hydrogen (secondary N) is 2. The minimum absolute atomic E-state index is 0.0687. The number of hydrogen-bond donors (Lipinski definition) is 3. The molecule has 1 amide bonds. The third-order valence-electron chi connectivity index (χ3n) is 7.06. The number of imidazole rings is 1. The average molecular weight is 498 g/mol. The lowest BCUT2D eigenvalue weighted by atomic mass is 9.82. The number of pyridine rings is 2. The summed E-state index contributed by atoms with van der Waals surface area (Å²) in [7, 11) is 0. The van der Waals surface area contributed by atoms with Gasteiger partial charge in [-0.25, -0.2) is 4.98 Å². The van der Waals surface area contributed by atoms with Gasteiger partial charge in [0.2, 0.25) is 0 Å². The molecule has 0 saturated heterocycles. The maximum absolute atomic E-state index is 13.2. The summed E-state index contributed by atoms with van der Waals surface area (Å²) in [6.07, 6.45) is 10.5. The Kier molecular flexibility index (Phi) is 7.44. The number of rotatable bonds is 9. The van der Waals surface area contributed by atoms with Crippen LogP contribution in [0.15, 0.2) is 73.2 Å². The molecule has 0 radical (unpaired) electrons. The molecule has 8 nitrogen and oxygen atoms in total. The highest BCUT2D eigenvalue weighted by molar-refractivity contribution is 5.96. The zero-order valence-corrected chi connectivity index (χ0v) is 20.6. The number of fused-ring (bicyclic) bond motifs is 1. The van der Waals surface area contributed by atoms with Gasteiger partial charge in [-0.1, -0.05) is 49.6 Å². The number of anilines is 1. The summed E-state index contributed by atoms with van der Waals surface area (Å²) in [6.45, 7) is 0.613. The van der Waals surface area contributed by atoms with Gasteiger partial charge in [-0.15, -0.1) is 0 Å². The van der Waals surface area contributed by atoms with Crippen LogP contribution in [0.1, 0.15) is 54.4 Å². The summed E-state index contributed by atoms with van der Waals surface area (Å²) in [6, 6.07) is 17.1. The maximum atomic E-state index is 13.2. The summed E-state index contributed by atoms with van der Waals surface area (Å²) in [5, 5.41) is 16.0. The van der Waals surface area contributed by atoms with Crippen LogP contribution in [0.4, 0.5) is 5.82 Å². The van der Waals surface area contributed by atoms with Gasteiger partial charge in [-0.05, 0) is 48.6 Å². The van der Waals surface area contributed by atoms with Crippen molar-refractivity contribution < 1.29 is 14.7 Å².